The Kier molecular flexibility index (Phi) is 7.75. The summed E-state index contributed by atoms with van der Waals surface area (Å²) in [6, 6.07) is 8.36. The number of likely N-dealkylation sites (N-methyl/N-ethyl adjacent to an activating group) is 1. The Morgan fingerprint density at radius 1 is 1.15 bits per heavy atom. The van der Waals surface area contributed by atoms with Crippen LogP contribution < -0.4 is 0 Å². The van der Waals surface area contributed by atoms with Gasteiger partial charge in [-0.3, -0.25) is 9.80 Å². The molecule has 9 nitrogen and oxygen atoms in total. The molecule has 0 radical (unpaired) electrons. The second kappa shape index (κ2) is 10.2. The summed E-state index contributed by atoms with van der Waals surface area (Å²) in [5.74, 6) is -0.607. The predicted molar refractivity (Wildman–Crippen MR) is 126 cm³/mol. The van der Waals surface area contributed by atoms with E-state index < -0.39 is 29.4 Å². The minimum Gasteiger partial charge on any atom is -0.459 e. The lowest BCUT2D eigenvalue weighted by molar-refractivity contribution is -0.230. The van der Waals surface area contributed by atoms with Crippen LogP contribution in [0.2, 0.25) is 0 Å². The molecule has 2 fully saturated rings. The number of hydrogen-bond acceptors (Lipinski definition) is 6. The third-order valence-electron chi connectivity index (χ3n) is 5.96. The van der Waals surface area contributed by atoms with E-state index in [-0.39, 0.29) is 31.6 Å². The van der Waals surface area contributed by atoms with Crippen LogP contribution in [0.3, 0.4) is 0 Å². The molecule has 0 bridgehead atoms. The molecule has 0 unspecified atom stereocenters. The van der Waals surface area contributed by atoms with Crippen molar-refractivity contribution in [3.63, 3.8) is 0 Å². The summed E-state index contributed by atoms with van der Waals surface area (Å²) in [7, 11) is 1.61. The molecule has 0 aromatic heterocycles. The number of rotatable bonds is 5. The number of benzene rings is 1. The van der Waals surface area contributed by atoms with Gasteiger partial charge in [-0.15, -0.1) is 0 Å². The zero-order valence-electron chi connectivity index (χ0n) is 21.1. The average molecular weight is 476 g/mol. The monoisotopic (exact) mass is 475 g/mol. The first-order chi connectivity index (χ1) is 15.9. The summed E-state index contributed by atoms with van der Waals surface area (Å²) in [6.07, 6.45) is 0.246. The molecule has 9 heteroatoms. The molecule has 0 aliphatic carbocycles. The van der Waals surface area contributed by atoms with E-state index in [0.717, 1.165) is 5.56 Å². The maximum atomic E-state index is 13.6. The fourth-order valence-corrected chi connectivity index (χ4v) is 4.31. The number of amides is 3. The van der Waals surface area contributed by atoms with Crippen LogP contribution in [-0.2, 0) is 25.6 Å². The van der Waals surface area contributed by atoms with Crippen LogP contribution in [-0.4, -0.2) is 83.5 Å². The Labute approximate surface area is 201 Å². The second-order valence-corrected chi connectivity index (χ2v) is 10.3. The molecule has 3 rings (SSSR count). The number of esters is 1. The van der Waals surface area contributed by atoms with Gasteiger partial charge in [-0.05, 0) is 38.7 Å². The maximum Gasteiger partial charge on any atom is 0.410 e. The van der Waals surface area contributed by atoms with E-state index in [1.807, 2.05) is 65.0 Å². The molecule has 1 atom stereocenters. The van der Waals surface area contributed by atoms with Crippen LogP contribution >= 0.6 is 0 Å². The van der Waals surface area contributed by atoms with Crippen molar-refractivity contribution in [1.29, 1.82) is 0 Å². The van der Waals surface area contributed by atoms with Gasteiger partial charge in [-0.2, -0.15) is 0 Å². The van der Waals surface area contributed by atoms with Crippen molar-refractivity contribution in [2.45, 2.75) is 65.0 Å². The molecule has 3 amide bonds. The van der Waals surface area contributed by atoms with E-state index in [1.165, 1.54) is 9.80 Å². The molecule has 1 spiro atoms. The number of hydrogen-bond donors (Lipinski definition) is 0. The van der Waals surface area contributed by atoms with Gasteiger partial charge in [-0.25, -0.2) is 14.4 Å². The summed E-state index contributed by atoms with van der Waals surface area (Å²) in [4.78, 5) is 43.6. The van der Waals surface area contributed by atoms with Crippen LogP contribution in [0.4, 0.5) is 9.59 Å². The number of carbonyl (C=O) groups is 3. The zero-order valence-corrected chi connectivity index (χ0v) is 21.1. The fourth-order valence-electron chi connectivity index (χ4n) is 4.31. The van der Waals surface area contributed by atoms with Crippen LogP contribution in [0.5, 0.6) is 0 Å². The Morgan fingerprint density at radius 2 is 1.79 bits per heavy atom. The Hall–Kier alpha value is -2.81. The first kappa shape index (κ1) is 25.8. The highest BCUT2D eigenvalue weighted by atomic mass is 16.6. The van der Waals surface area contributed by atoms with E-state index in [4.69, 9.17) is 14.2 Å². The summed E-state index contributed by atoms with van der Waals surface area (Å²) < 4.78 is 17.0. The van der Waals surface area contributed by atoms with Gasteiger partial charge in [0.1, 0.15) is 18.2 Å². The van der Waals surface area contributed by atoms with Crippen molar-refractivity contribution in [2.24, 2.45) is 5.92 Å². The fraction of sp³-hybridized carbons (Fsp3) is 0.640. The van der Waals surface area contributed by atoms with E-state index in [1.54, 1.807) is 11.9 Å². The molecule has 2 aliphatic heterocycles. The summed E-state index contributed by atoms with van der Waals surface area (Å²) in [6.45, 7) is 10.8. The van der Waals surface area contributed by atoms with Gasteiger partial charge < -0.3 is 19.1 Å². The number of ether oxygens (including phenoxy) is 3. The van der Waals surface area contributed by atoms with Crippen molar-refractivity contribution >= 4 is 18.1 Å². The molecule has 1 aromatic carbocycles. The lowest BCUT2D eigenvalue weighted by atomic mass is 9.99. The van der Waals surface area contributed by atoms with E-state index in [2.05, 4.69) is 0 Å². The third-order valence-corrected chi connectivity index (χ3v) is 5.96. The van der Waals surface area contributed by atoms with E-state index in [9.17, 15) is 14.4 Å². The first-order valence-electron chi connectivity index (χ1n) is 11.8. The quantitative estimate of drug-likeness (QED) is 0.606. The molecule has 0 saturated carbocycles. The molecule has 34 heavy (non-hydrogen) atoms. The van der Waals surface area contributed by atoms with Crippen molar-refractivity contribution in [2.75, 3.05) is 33.3 Å². The number of likely N-dealkylation sites (tertiary alicyclic amines) is 1. The largest absolute Gasteiger partial charge is 0.459 e. The van der Waals surface area contributed by atoms with Gasteiger partial charge in [0.15, 0.2) is 5.72 Å². The zero-order chi connectivity index (χ0) is 25.1. The Morgan fingerprint density at radius 3 is 2.38 bits per heavy atom. The predicted octanol–water partition coefficient (Wildman–Crippen LogP) is 3.48. The van der Waals surface area contributed by atoms with Crippen LogP contribution in [0.25, 0.3) is 0 Å². The smallest absolute Gasteiger partial charge is 0.410 e. The summed E-state index contributed by atoms with van der Waals surface area (Å²) in [5.41, 5.74) is -0.628. The lowest BCUT2D eigenvalue weighted by Crippen LogP contribution is -2.76. The normalized spacial score (nSPS) is 18.3. The second-order valence-electron chi connectivity index (χ2n) is 10.3. The van der Waals surface area contributed by atoms with Gasteiger partial charge in [-0.1, -0.05) is 44.2 Å². The maximum absolute atomic E-state index is 13.6. The minimum absolute atomic E-state index is 0.145. The molecular formula is C25H37N3O6. The topological polar surface area (TPSA) is 88.6 Å². The Bertz CT molecular complexity index is 876. The highest BCUT2D eigenvalue weighted by Crippen LogP contribution is 2.35. The van der Waals surface area contributed by atoms with Crippen LogP contribution in [0.15, 0.2) is 30.3 Å². The van der Waals surface area contributed by atoms with Gasteiger partial charge in [0.05, 0.1) is 19.7 Å². The highest BCUT2D eigenvalue weighted by Gasteiger charge is 2.55. The standard InChI is InChI=1S/C25H37N3O6/c1-18(2)20(21(29)32-15-19-11-8-7-9-12-19)26(6)22(30)28-13-10-14-33-25(28)16-27(17-25)23(31)34-24(3,4)5/h7-9,11-12,18,20H,10,13-17H2,1-6H3/t20-/m0/s1. The summed E-state index contributed by atoms with van der Waals surface area (Å²) >= 11 is 0. The SMILES string of the molecule is CC(C)[C@@H](C(=O)OCc1ccccc1)N(C)C(=O)N1CCCOC12CN(C(=O)OC(C)(C)C)C2. The van der Waals surface area contributed by atoms with Crippen LogP contribution in [0.1, 0.15) is 46.6 Å². The van der Waals surface area contributed by atoms with Gasteiger partial charge in [0, 0.05) is 13.6 Å². The molecular weight excluding hydrogens is 438 g/mol. The van der Waals surface area contributed by atoms with E-state index in [0.29, 0.717) is 19.6 Å². The number of nitrogens with zero attached hydrogens (tertiary/aromatic N) is 3. The molecule has 2 heterocycles. The molecule has 188 valence electrons. The molecule has 2 aliphatic rings. The molecule has 1 aromatic rings. The van der Waals surface area contributed by atoms with Crippen LogP contribution in [0, 0.1) is 5.92 Å². The van der Waals surface area contributed by atoms with Crippen molar-refractivity contribution in [3.8, 4) is 0 Å². The Balaban J connectivity index is 1.67. The van der Waals surface area contributed by atoms with Crippen molar-refractivity contribution in [3.05, 3.63) is 35.9 Å². The lowest BCUT2D eigenvalue weighted by Gasteiger charge is -2.57. The van der Waals surface area contributed by atoms with E-state index >= 15 is 0 Å². The molecule has 0 N–H and O–H groups in total. The highest BCUT2D eigenvalue weighted by molar-refractivity contribution is 5.84. The number of urea groups is 1. The van der Waals surface area contributed by atoms with Gasteiger partial charge in [0.25, 0.3) is 0 Å². The average Bonchev–Trinajstić information content (AvgIpc) is 2.74. The van der Waals surface area contributed by atoms with Gasteiger partial charge in [0.2, 0.25) is 0 Å². The summed E-state index contributed by atoms with van der Waals surface area (Å²) in [5, 5.41) is 0. The molecule has 2 saturated heterocycles. The first-order valence-corrected chi connectivity index (χ1v) is 11.8. The van der Waals surface area contributed by atoms with Crippen molar-refractivity contribution in [1.82, 2.24) is 14.7 Å². The minimum atomic E-state index is -0.907. The third kappa shape index (κ3) is 5.81. The van der Waals surface area contributed by atoms with Gasteiger partial charge >= 0.3 is 18.1 Å². The van der Waals surface area contributed by atoms with Crippen molar-refractivity contribution < 1.29 is 28.6 Å². The number of carbonyl (C=O) groups excluding carboxylic acids is 3.